The molecule has 0 unspecified atom stereocenters. The van der Waals surface area contributed by atoms with Gasteiger partial charge in [-0.2, -0.15) is 4.98 Å². The maximum absolute atomic E-state index is 12.7. The average Bonchev–Trinajstić information content (AvgIpc) is 3.31. The molecule has 4 rings (SSSR count). The Morgan fingerprint density at radius 1 is 1.40 bits per heavy atom. The van der Waals surface area contributed by atoms with Gasteiger partial charge in [0.15, 0.2) is 5.82 Å². The highest BCUT2D eigenvalue weighted by Crippen LogP contribution is 2.28. The number of amides is 1. The largest absolute Gasteiger partial charge is 0.338 e. The molecule has 0 saturated carbocycles. The van der Waals surface area contributed by atoms with Crippen LogP contribution in [0, 0.1) is 6.92 Å². The van der Waals surface area contributed by atoms with Crippen molar-refractivity contribution in [2.75, 3.05) is 13.1 Å². The van der Waals surface area contributed by atoms with Gasteiger partial charge in [-0.25, -0.2) is 4.98 Å². The van der Waals surface area contributed by atoms with Gasteiger partial charge in [-0.1, -0.05) is 5.16 Å². The van der Waals surface area contributed by atoms with Crippen LogP contribution in [0.1, 0.15) is 39.8 Å². The highest BCUT2D eigenvalue weighted by atomic mass is 32.1. The molecule has 0 aliphatic carbocycles. The standard InChI is InChI=1S/C17H17N5O2S/c1-11-7-13(10-25-11)17(23)22-6-2-3-12(9-22)15-20-16(24-21-15)14-8-18-4-5-19-14/h4-5,7-8,10,12H,2-3,6,9H2,1H3/t12-/m1/s1. The predicted octanol–water partition coefficient (Wildman–Crippen LogP) is 2.92. The van der Waals surface area contributed by atoms with E-state index in [-0.39, 0.29) is 11.8 Å². The molecule has 0 bridgehead atoms. The summed E-state index contributed by atoms with van der Waals surface area (Å²) in [6.45, 7) is 3.38. The number of aryl methyl sites for hydroxylation is 1. The first kappa shape index (κ1) is 15.9. The van der Waals surface area contributed by atoms with Crippen molar-refractivity contribution in [3.05, 3.63) is 46.3 Å². The Bertz CT molecular complexity index is 876. The number of hydrogen-bond acceptors (Lipinski definition) is 7. The van der Waals surface area contributed by atoms with Gasteiger partial charge >= 0.3 is 0 Å². The highest BCUT2D eigenvalue weighted by Gasteiger charge is 2.29. The lowest BCUT2D eigenvalue weighted by molar-refractivity contribution is 0.0704. The monoisotopic (exact) mass is 355 g/mol. The maximum Gasteiger partial charge on any atom is 0.278 e. The van der Waals surface area contributed by atoms with Crippen molar-refractivity contribution in [3.63, 3.8) is 0 Å². The van der Waals surface area contributed by atoms with E-state index in [9.17, 15) is 4.79 Å². The fraction of sp³-hybridized carbons (Fsp3) is 0.353. The zero-order chi connectivity index (χ0) is 17.2. The summed E-state index contributed by atoms with van der Waals surface area (Å²) in [6, 6.07) is 1.94. The van der Waals surface area contributed by atoms with Crippen LogP contribution in [0.15, 0.2) is 34.6 Å². The summed E-state index contributed by atoms with van der Waals surface area (Å²) >= 11 is 1.59. The first-order chi connectivity index (χ1) is 12.2. The van der Waals surface area contributed by atoms with E-state index in [0.29, 0.717) is 24.0 Å². The molecule has 1 fully saturated rings. The molecule has 0 aromatic carbocycles. The van der Waals surface area contributed by atoms with Crippen LogP contribution in [0.5, 0.6) is 0 Å². The third kappa shape index (κ3) is 3.30. The predicted molar refractivity (Wildman–Crippen MR) is 92.3 cm³/mol. The minimum atomic E-state index is 0.0756. The second-order valence-corrected chi connectivity index (χ2v) is 7.20. The lowest BCUT2D eigenvalue weighted by Gasteiger charge is -2.31. The van der Waals surface area contributed by atoms with Crippen LogP contribution in [0.2, 0.25) is 0 Å². The third-order valence-corrected chi connectivity index (χ3v) is 5.14. The molecule has 1 amide bonds. The lowest BCUT2D eigenvalue weighted by atomic mass is 9.97. The van der Waals surface area contributed by atoms with E-state index in [0.717, 1.165) is 29.8 Å². The summed E-state index contributed by atoms with van der Waals surface area (Å²) < 4.78 is 5.32. The molecule has 1 saturated heterocycles. The summed E-state index contributed by atoms with van der Waals surface area (Å²) in [7, 11) is 0. The van der Waals surface area contributed by atoms with Crippen LogP contribution < -0.4 is 0 Å². The number of hydrogen-bond donors (Lipinski definition) is 0. The van der Waals surface area contributed by atoms with E-state index in [1.54, 1.807) is 29.9 Å². The van der Waals surface area contributed by atoms with Crippen molar-refractivity contribution in [2.24, 2.45) is 0 Å². The molecule has 1 atom stereocenters. The molecule has 3 aromatic heterocycles. The Balaban J connectivity index is 1.50. The summed E-state index contributed by atoms with van der Waals surface area (Å²) in [5.74, 6) is 1.14. The number of aromatic nitrogens is 4. The summed E-state index contributed by atoms with van der Waals surface area (Å²) in [5, 5.41) is 6.02. The number of rotatable bonds is 3. The molecule has 0 radical (unpaired) electrons. The lowest BCUT2D eigenvalue weighted by Crippen LogP contribution is -2.39. The van der Waals surface area contributed by atoms with E-state index < -0.39 is 0 Å². The number of nitrogens with zero attached hydrogens (tertiary/aromatic N) is 5. The fourth-order valence-electron chi connectivity index (χ4n) is 3.02. The maximum atomic E-state index is 12.7. The van der Waals surface area contributed by atoms with Gasteiger partial charge in [0, 0.05) is 41.7 Å². The van der Waals surface area contributed by atoms with Crippen molar-refractivity contribution in [1.29, 1.82) is 0 Å². The van der Waals surface area contributed by atoms with Gasteiger partial charge in [0.1, 0.15) is 5.69 Å². The first-order valence-electron chi connectivity index (χ1n) is 8.15. The van der Waals surface area contributed by atoms with Crippen LogP contribution in [-0.2, 0) is 0 Å². The smallest absolute Gasteiger partial charge is 0.278 e. The minimum Gasteiger partial charge on any atom is -0.338 e. The molecule has 25 heavy (non-hydrogen) atoms. The quantitative estimate of drug-likeness (QED) is 0.718. The summed E-state index contributed by atoms with van der Waals surface area (Å²) in [5.41, 5.74) is 1.32. The molecule has 0 spiro atoms. The zero-order valence-corrected chi connectivity index (χ0v) is 14.6. The van der Waals surface area contributed by atoms with Crippen molar-refractivity contribution < 1.29 is 9.32 Å². The van der Waals surface area contributed by atoms with E-state index in [1.807, 2.05) is 23.3 Å². The molecule has 8 heteroatoms. The summed E-state index contributed by atoms with van der Waals surface area (Å²) in [4.78, 5) is 28.3. The van der Waals surface area contributed by atoms with Crippen molar-refractivity contribution >= 4 is 17.2 Å². The van der Waals surface area contributed by atoms with Gasteiger partial charge in [0.25, 0.3) is 11.8 Å². The highest BCUT2D eigenvalue weighted by molar-refractivity contribution is 7.10. The fourth-order valence-corrected chi connectivity index (χ4v) is 3.70. The Hall–Kier alpha value is -2.61. The van der Waals surface area contributed by atoms with Gasteiger partial charge in [-0.15, -0.1) is 11.3 Å². The van der Waals surface area contributed by atoms with Crippen LogP contribution in [0.4, 0.5) is 0 Å². The first-order valence-corrected chi connectivity index (χ1v) is 9.03. The van der Waals surface area contributed by atoms with E-state index in [2.05, 4.69) is 20.1 Å². The van der Waals surface area contributed by atoms with Crippen molar-refractivity contribution in [1.82, 2.24) is 25.0 Å². The molecule has 1 aliphatic heterocycles. The van der Waals surface area contributed by atoms with Crippen molar-refractivity contribution in [2.45, 2.75) is 25.7 Å². The van der Waals surface area contributed by atoms with Crippen LogP contribution in [-0.4, -0.2) is 44.0 Å². The molecular formula is C17H17N5O2S. The Morgan fingerprint density at radius 2 is 2.32 bits per heavy atom. The topological polar surface area (TPSA) is 85.0 Å². The molecule has 0 N–H and O–H groups in total. The number of piperidine rings is 1. The number of carbonyl (C=O) groups excluding carboxylic acids is 1. The van der Waals surface area contributed by atoms with Crippen LogP contribution >= 0.6 is 11.3 Å². The average molecular weight is 355 g/mol. The zero-order valence-electron chi connectivity index (χ0n) is 13.8. The Labute approximate surface area is 148 Å². The van der Waals surface area contributed by atoms with E-state index in [1.165, 1.54) is 0 Å². The number of carbonyl (C=O) groups is 1. The Kier molecular flexibility index (Phi) is 4.27. The van der Waals surface area contributed by atoms with Crippen LogP contribution in [0.3, 0.4) is 0 Å². The second kappa shape index (κ2) is 6.72. The van der Waals surface area contributed by atoms with Crippen molar-refractivity contribution in [3.8, 4) is 11.6 Å². The minimum absolute atomic E-state index is 0.0756. The second-order valence-electron chi connectivity index (χ2n) is 6.08. The molecule has 128 valence electrons. The van der Waals surface area contributed by atoms with Gasteiger partial charge in [-0.05, 0) is 25.8 Å². The molecule has 4 heterocycles. The van der Waals surface area contributed by atoms with E-state index in [4.69, 9.17) is 4.52 Å². The SMILES string of the molecule is Cc1cc(C(=O)N2CCC[C@@H](c3noc(-c4cnccn4)n3)C2)cs1. The van der Waals surface area contributed by atoms with Gasteiger partial charge in [-0.3, -0.25) is 9.78 Å². The van der Waals surface area contributed by atoms with E-state index >= 15 is 0 Å². The molecule has 7 nitrogen and oxygen atoms in total. The summed E-state index contributed by atoms with van der Waals surface area (Å²) in [6.07, 6.45) is 6.63. The number of thiophene rings is 1. The Morgan fingerprint density at radius 3 is 3.08 bits per heavy atom. The molecule has 1 aliphatic rings. The van der Waals surface area contributed by atoms with Crippen LogP contribution in [0.25, 0.3) is 11.6 Å². The number of likely N-dealkylation sites (tertiary alicyclic amines) is 1. The molecule has 3 aromatic rings. The van der Waals surface area contributed by atoms with Gasteiger partial charge in [0.05, 0.1) is 11.8 Å². The normalized spacial score (nSPS) is 17.6. The molecular weight excluding hydrogens is 338 g/mol. The third-order valence-electron chi connectivity index (χ3n) is 4.28. The van der Waals surface area contributed by atoms with Gasteiger partial charge in [0.2, 0.25) is 0 Å². The van der Waals surface area contributed by atoms with Gasteiger partial charge < -0.3 is 9.42 Å².